The zero-order valence-corrected chi connectivity index (χ0v) is 15.9. The Labute approximate surface area is 154 Å². The number of anilines is 2. The van der Waals surface area contributed by atoms with Gasteiger partial charge in [0.2, 0.25) is 5.91 Å². The highest BCUT2D eigenvalue weighted by Gasteiger charge is 2.22. The third-order valence-corrected chi connectivity index (χ3v) is 4.12. The number of hydrogen-bond donors (Lipinski definition) is 1. The van der Waals surface area contributed by atoms with Crippen LogP contribution in [0.25, 0.3) is 0 Å². The maximum absolute atomic E-state index is 12.8. The number of phenols is 1. The topological polar surface area (TPSA) is 60.9 Å². The molecule has 0 bridgehead atoms. The summed E-state index contributed by atoms with van der Waals surface area (Å²) in [6.07, 6.45) is 0. The highest BCUT2D eigenvalue weighted by atomic mass is 16.3. The first-order valence-electron chi connectivity index (χ1n) is 8.74. The molecule has 0 heterocycles. The van der Waals surface area contributed by atoms with Crippen LogP contribution >= 0.6 is 0 Å². The van der Waals surface area contributed by atoms with Gasteiger partial charge < -0.3 is 10.0 Å². The van der Waals surface area contributed by atoms with E-state index in [9.17, 15) is 14.7 Å². The molecule has 2 aromatic carbocycles. The normalized spacial score (nSPS) is 10.9. The first-order valence-corrected chi connectivity index (χ1v) is 8.74. The average molecular weight is 354 g/mol. The van der Waals surface area contributed by atoms with E-state index in [1.54, 1.807) is 42.5 Å². The van der Waals surface area contributed by atoms with Crippen molar-refractivity contribution in [2.45, 2.75) is 46.7 Å². The van der Waals surface area contributed by atoms with Crippen LogP contribution in [0.2, 0.25) is 0 Å². The molecule has 0 atom stereocenters. The smallest absolute Gasteiger partial charge is 0.254 e. The van der Waals surface area contributed by atoms with Crippen molar-refractivity contribution in [1.29, 1.82) is 0 Å². The summed E-state index contributed by atoms with van der Waals surface area (Å²) >= 11 is 0. The van der Waals surface area contributed by atoms with E-state index < -0.39 is 0 Å². The predicted octanol–water partition coefficient (Wildman–Crippen LogP) is 4.34. The van der Waals surface area contributed by atoms with Gasteiger partial charge in [-0.15, -0.1) is 0 Å². The third-order valence-electron chi connectivity index (χ3n) is 4.12. The zero-order chi connectivity index (χ0) is 19.4. The van der Waals surface area contributed by atoms with Gasteiger partial charge in [-0.1, -0.05) is 6.07 Å². The van der Waals surface area contributed by atoms with E-state index >= 15 is 0 Å². The van der Waals surface area contributed by atoms with Crippen molar-refractivity contribution in [1.82, 2.24) is 4.90 Å². The standard InChI is InChI=1S/C21H26N2O3/c1-14(2)22(15(3)4)21(26)17-9-11-18(12-10-17)23(16(5)24)19-7-6-8-20(25)13-19/h6-15,25H,1-5H3. The first-order chi connectivity index (χ1) is 12.2. The van der Waals surface area contributed by atoms with Crippen LogP contribution in [-0.4, -0.2) is 33.9 Å². The molecule has 0 saturated heterocycles. The van der Waals surface area contributed by atoms with Crippen LogP contribution in [0.1, 0.15) is 45.0 Å². The molecule has 0 fully saturated rings. The molecule has 26 heavy (non-hydrogen) atoms. The molecule has 5 nitrogen and oxygen atoms in total. The van der Waals surface area contributed by atoms with Crippen LogP contribution < -0.4 is 4.90 Å². The van der Waals surface area contributed by atoms with E-state index in [1.165, 1.54) is 17.9 Å². The number of nitrogens with zero attached hydrogens (tertiary/aromatic N) is 2. The molecule has 2 amide bonds. The SMILES string of the molecule is CC(=O)N(c1ccc(C(=O)N(C(C)C)C(C)C)cc1)c1cccc(O)c1. The summed E-state index contributed by atoms with van der Waals surface area (Å²) in [5, 5.41) is 9.68. The number of carbonyl (C=O) groups excluding carboxylic acids is 2. The number of phenolic OH excluding ortho intramolecular Hbond substituents is 1. The molecule has 0 aliphatic carbocycles. The molecule has 0 saturated carbocycles. The van der Waals surface area contributed by atoms with Crippen LogP contribution in [0.4, 0.5) is 11.4 Å². The summed E-state index contributed by atoms with van der Waals surface area (Å²) in [6, 6.07) is 13.7. The second-order valence-electron chi connectivity index (χ2n) is 6.82. The molecule has 0 radical (unpaired) electrons. The van der Waals surface area contributed by atoms with Crippen LogP contribution in [0.5, 0.6) is 5.75 Å². The Bertz CT molecular complexity index is 774. The van der Waals surface area contributed by atoms with Gasteiger partial charge in [-0.25, -0.2) is 0 Å². The lowest BCUT2D eigenvalue weighted by Gasteiger charge is -2.31. The number of carbonyl (C=O) groups is 2. The first kappa shape index (κ1) is 19.5. The predicted molar refractivity (Wildman–Crippen MR) is 104 cm³/mol. The fourth-order valence-corrected chi connectivity index (χ4v) is 3.11. The van der Waals surface area contributed by atoms with E-state index in [1.807, 2.05) is 32.6 Å². The van der Waals surface area contributed by atoms with Crippen LogP contribution in [-0.2, 0) is 4.79 Å². The summed E-state index contributed by atoms with van der Waals surface area (Å²) < 4.78 is 0. The van der Waals surface area contributed by atoms with Gasteiger partial charge in [0, 0.05) is 36.3 Å². The fourth-order valence-electron chi connectivity index (χ4n) is 3.11. The Kier molecular flexibility index (Phi) is 6.03. The molecule has 2 aromatic rings. The third kappa shape index (κ3) is 4.23. The van der Waals surface area contributed by atoms with E-state index in [4.69, 9.17) is 0 Å². The van der Waals surface area contributed by atoms with Crippen LogP contribution in [0.15, 0.2) is 48.5 Å². The van der Waals surface area contributed by atoms with Crippen molar-refractivity contribution in [3.05, 3.63) is 54.1 Å². The Morgan fingerprint density at radius 1 is 0.885 bits per heavy atom. The number of amides is 2. The van der Waals surface area contributed by atoms with Gasteiger partial charge in [0.1, 0.15) is 5.75 Å². The maximum atomic E-state index is 12.8. The zero-order valence-electron chi connectivity index (χ0n) is 15.9. The maximum Gasteiger partial charge on any atom is 0.254 e. The molecule has 0 unspecified atom stereocenters. The van der Waals surface area contributed by atoms with Gasteiger partial charge in [0.25, 0.3) is 5.91 Å². The van der Waals surface area contributed by atoms with Gasteiger partial charge in [-0.05, 0) is 64.1 Å². The molecule has 1 N–H and O–H groups in total. The molecule has 0 aliphatic heterocycles. The second kappa shape index (κ2) is 8.04. The Morgan fingerprint density at radius 3 is 1.92 bits per heavy atom. The van der Waals surface area contributed by atoms with Crippen molar-refractivity contribution < 1.29 is 14.7 Å². The largest absolute Gasteiger partial charge is 0.508 e. The highest BCUT2D eigenvalue weighted by Crippen LogP contribution is 2.28. The summed E-state index contributed by atoms with van der Waals surface area (Å²) in [5.41, 5.74) is 1.79. The lowest BCUT2D eigenvalue weighted by atomic mass is 10.1. The monoisotopic (exact) mass is 354 g/mol. The minimum Gasteiger partial charge on any atom is -0.508 e. The lowest BCUT2D eigenvalue weighted by Crippen LogP contribution is -2.42. The highest BCUT2D eigenvalue weighted by molar-refractivity contribution is 6.00. The number of aromatic hydroxyl groups is 1. The summed E-state index contributed by atoms with van der Waals surface area (Å²) in [4.78, 5) is 28.2. The van der Waals surface area contributed by atoms with Gasteiger partial charge in [-0.2, -0.15) is 0 Å². The van der Waals surface area contributed by atoms with E-state index in [-0.39, 0.29) is 29.6 Å². The molecule has 2 rings (SSSR count). The van der Waals surface area contributed by atoms with Crippen LogP contribution in [0, 0.1) is 0 Å². The molecular weight excluding hydrogens is 328 g/mol. The summed E-state index contributed by atoms with van der Waals surface area (Å²) in [6.45, 7) is 9.43. The number of rotatable bonds is 5. The molecular formula is C21H26N2O3. The lowest BCUT2D eigenvalue weighted by molar-refractivity contribution is -0.115. The van der Waals surface area contributed by atoms with E-state index in [2.05, 4.69) is 0 Å². The van der Waals surface area contributed by atoms with E-state index in [0.717, 1.165) is 0 Å². The quantitative estimate of drug-likeness (QED) is 0.869. The number of hydrogen-bond acceptors (Lipinski definition) is 3. The Morgan fingerprint density at radius 2 is 1.46 bits per heavy atom. The van der Waals surface area contributed by atoms with Gasteiger partial charge >= 0.3 is 0 Å². The van der Waals surface area contributed by atoms with Crippen molar-refractivity contribution in [3.8, 4) is 5.75 Å². The molecule has 5 heteroatoms. The molecule has 0 spiro atoms. The molecule has 0 aliphatic rings. The number of benzene rings is 2. The minimum absolute atomic E-state index is 0.0340. The minimum atomic E-state index is -0.180. The summed E-state index contributed by atoms with van der Waals surface area (Å²) in [5.74, 6) is -0.126. The Balaban J connectivity index is 2.35. The second-order valence-corrected chi connectivity index (χ2v) is 6.82. The summed E-state index contributed by atoms with van der Waals surface area (Å²) in [7, 11) is 0. The van der Waals surface area contributed by atoms with Gasteiger partial charge in [0.15, 0.2) is 0 Å². The van der Waals surface area contributed by atoms with Gasteiger partial charge in [0.05, 0.1) is 5.69 Å². The fraction of sp³-hybridized carbons (Fsp3) is 0.333. The molecule has 0 aromatic heterocycles. The Hall–Kier alpha value is -2.82. The average Bonchev–Trinajstić information content (AvgIpc) is 2.54. The van der Waals surface area contributed by atoms with Crippen molar-refractivity contribution in [2.24, 2.45) is 0 Å². The van der Waals surface area contributed by atoms with Crippen molar-refractivity contribution >= 4 is 23.2 Å². The van der Waals surface area contributed by atoms with Crippen LogP contribution in [0.3, 0.4) is 0 Å². The van der Waals surface area contributed by atoms with Crippen molar-refractivity contribution in [2.75, 3.05) is 4.90 Å². The van der Waals surface area contributed by atoms with Crippen molar-refractivity contribution in [3.63, 3.8) is 0 Å². The van der Waals surface area contributed by atoms with E-state index in [0.29, 0.717) is 16.9 Å². The van der Waals surface area contributed by atoms with Gasteiger partial charge in [-0.3, -0.25) is 14.5 Å². The molecule has 138 valence electrons.